The van der Waals surface area contributed by atoms with Crippen molar-refractivity contribution in [3.8, 4) is 29.7 Å². The summed E-state index contributed by atoms with van der Waals surface area (Å²) in [5, 5.41) is 0. The fraction of sp³-hybridized carbons (Fsp3) is 0.231. The van der Waals surface area contributed by atoms with E-state index in [-0.39, 0.29) is 18.4 Å². The fourth-order valence-electron chi connectivity index (χ4n) is 2.61. The van der Waals surface area contributed by atoms with E-state index in [9.17, 15) is 4.79 Å². The average molecular weight is 419 g/mol. The van der Waals surface area contributed by atoms with Gasteiger partial charge in [-0.25, -0.2) is 0 Å². The van der Waals surface area contributed by atoms with Crippen LogP contribution in [-0.4, -0.2) is 24.1 Å². The number of hydrogen-bond donors (Lipinski definition) is 1. The van der Waals surface area contributed by atoms with Gasteiger partial charge in [0.2, 0.25) is 0 Å². The minimum absolute atomic E-state index is 0.127. The Morgan fingerprint density at radius 3 is 2.00 bits per heavy atom. The van der Waals surface area contributed by atoms with Crippen molar-refractivity contribution in [2.45, 2.75) is 33.2 Å². The second-order valence-corrected chi connectivity index (χ2v) is 6.82. The lowest BCUT2D eigenvalue weighted by molar-refractivity contribution is -0.141. The number of hydrogen-bond acceptors (Lipinski definition) is 5. The summed E-state index contributed by atoms with van der Waals surface area (Å²) < 4.78 is 4.60. The molecule has 0 aliphatic rings. The molecule has 5 nitrogen and oxygen atoms in total. The molecule has 0 amide bonds. The molecular formula is C26H30N2O3. The van der Waals surface area contributed by atoms with Crippen LogP contribution in [0.2, 0.25) is 0 Å². The summed E-state index contributed by atoms with van der Waals surface area (Å²) >= 11 is 0. The number of benzene rings is 2. The molecule has 162 valence electrons. The number of carbonyl (C=O) groups is 1. The number of aromatic nitrogens is 1. The topological polar surface area (TPSA) is 60.5 Å². The zero-order valence-electron chi connectivity index (χ0n) is 18.5. The molecule has 3 rings (SSSR count). The summed E-state index contributed by atoms with van der Waals surface area (Å²) in [4.78, 5) is 20.5. The van der Waals surface area contributed by atoms with E-state index in [0.717, 1.165) is 11.1 Å². The molecule has 0 aliphatic carbocycles. The smallest absolute Gasteiger partial charge is 0.307 e. The number of methoxy groups -OCH3 is 1. The first kappa shape index (κ1) is 25.4. The van der Waals surface area contributed by atoms with E-state index in [1.54, 1.807) is 12.4 Å². The number of ether oxygens (including phenoxy) is 1. The van der Waals surface area contributed by atoms with Crippen molar-refractivity contribution >= 4 is 5.97 Å². The molecule has 31 heavy (non-hydrogen) atoms. The van der Waals surface area contributed by atoms with Crippen LogP contribution >= 0.6 is 0 Å². The maximum atomic E-state index is 11.1. The molecule has 1 atom stereocenters. The molecule has 2 aromatic carbocycles. The van der Waals surface area contributed by atoms with Crippen LogP contribution in [0.3, 0.4) is 0 Å². The van der Waals surface area contributed by atoms with Crippen molar-refractivity contribution in [1.82, 2.24) is 10.5 Å². The molecule has 0 fully saturated rings. The van der Waals surface area contributed by atoms with Crippen LogP contribution in [0.1, 0.15) is 24.5 Å². The summed E-state index contributed by atoms with van der Waals surface area (Å²) in [6.07, 6.45) is 11.8. The Morgan fingerprint density at radius 2 is 1.52 bits per heavy atom. The zero-order valence-corrected chi connectivity index (χ0v) is 18.5. The second-order valence-electron chi connectivity index (χ2n) is 6.82. The minimum Gasteiger partial charge on any atom is -0.469 e. The normalized spacial score (nSPS) is 10.4. The predicted molar refractivity (Wildman–Crippen MR) is 125 cm³/mol. The molecule has 0 saturated heterocycles. The molecule has 0 bridgehead atoms. The molecule has 1 aromatic heterocycles. The van der Waals surface area contributed by atoms with Gasteiger partial charge in [-0.3, -0.25) is 9.78 Å². The third kappa shape index (κ3) is 10.1. The van der Waals surface area contributed by atoms with Gasteiger partial charge in [0.25, 0.3) is 0 Å². The van der Waals surface area contributed by atoms with Gasteiger partial charge in [-0.1, -0.05) is 47.5 Å². The van der Waals surface area contributed by atoms with Crippen LogP contribution in [0.4, 0.5) is 0 Å². The van der Waals surface area contributed by atoms with Crippen molar-refractivity contribution in [1.29, 1.82) is 0 Å². The Morgan fingerprint density at radius 1 is 0.968 bits per heavy atom. The van der Waals surface area contributed by atoms with Crippen LogP contribution in [0, 0.1) is 26.7 Å². The van der Waals surface area contributed by atoms with Gasteiger partial charge in [-0.05, 0) is 56.2 Å². The quantitative estimate of drug-likeness (QED) is 0.341. The first-order valence-electron chi connectivity index (χ1n) is 9.84. The Balaban J connectivity index is 0.000000400. The summed E-state index contributed by atoms with van der Waals surface area (Å²) in [7, 11) is 1.37. The van der Waals surface area contributed by atoms with Gasteiger partial charge in [0.1, 0.15) is 5.75 Å². The predicted octanol–water partition coefficient (Wildman–Crippen LogP) is 5.14. The van der Waals surface area contributed by atoms with E-state index >= 15 is 0 Å². The second kappa shape index (κ2) is 14.4. The van der Waals surface area contributed by atoms with Crippen LogP contribution in [0.5, 0.6) is 5.75 Å². The number of nitrogens with zero attached hydrogens (tertiary/aromatic N) is 1. The van der Waals surface area contributed by atoms with Gasteiger partial charge >= 0.3 is 5.97 Å². The number of aryl methyl sites for hydroxylation is 2. The maximum absolute atomic E-state index is 11.1. The largest absolute Gasteiger partial charge is 0.469 e. The molecule has 0 aliphatic heterocycles. The number of esters is 1. The first-order chi connectivity index (χ1) is 15.0. The van der Waals surface area contributed by atoms with Gasteiger partial charge in [-0.2, -0.15) is 5.48 Å². The van der Waals surface area contributed by atoms with Gasteiger partial charge in [-0.15, -0.1) is 12.8 Å². The Kier molecular flexibility index (Phi) is 11.8. The highest BCUT2D eigenvalue weighted by molar-refractivity contribution is 5.69. The number of pyridine rings is 1. The van der Waals surface area contributed by atoms with Crippen molar-refractivity contribution in [3.05, 3.63) is 84.2 Å². The lowest BCUT2D eigenvalue weighted by atomic mass is 10.1. The van der Waals surface area contributed by atoms with E-state index in [2.05, 4.69) is 66.2 Å². The van der Waals surface area contributed by atoms with Gasteiger partial charge < -0.3 is 9.57 Å². The highest BCUT2D eigenvalue weighted by Crippen LogP contribution is 2.21. The van der Waals surface area contributed by atoms with Crippen molar-refractivity contribution < 1.29 is 14.4 Å². The first-order valence-corrected chi connectivity index (χ1v) is 9.84. The minimum atomic E-state index is -0.272. The third-order valence-corrected chi connectivity index (χ3v) is 4.12. The number of carbonyl (C=O) groups excluding carboxylic acids is 1. The van der Waals surface area contributed by atoms with Crippen LogP contribution in [0.15, 0.2) is 73.1 Å². The molecule has 0 spiro atoms. The van der Waals surface area contributed by atoms with E-state index in [0.29, 0.717) is 5.75 Å². The van der Waals surface area contributed by atoms with E-state index < -0.39 is 0 Å². The molecule has 1 heterocycles. The average Bonchev–Trinajstić information content (AvgIpc) is 2.80. The molecule has 0 radical (unpaired) electrons. The lowest BCUT2D eigenvalue weighted by Crippen LogP contribution is -2.31. The van der Waals surface area contributed by atoms with Gasteiger partial charge in [0, 0.05) is 12.4 Å². The Hall–Kier alpha value is -3.62. The van der Waals surface area contributed by atoms with E-state index in [4.69, 9.17) is 4.84 Å². The summed E-state index contributed by atoms with van der Waals surface area (Å²) in [6.45, 7) is 6.06. The van der Waals surface area contributed by atoms with E-state index in [1.807, 2.05) is 43.3 Å². The Bertz CT molecular complexity index is 905. The van der Waals surface area contributed by atoms with Crippen LogP contribution < -0.4 is 10.3 Å². The number of terminal acetylenes is 1. The van der Waals surface area contributed by atoms with E-state index in [1.165, 1.54) is 18.2 Å². The number of hydroxylamine groups is 1. The number of rotatable bonds is 6. The van der Waals surface area contributed by atoms with Crippen molar-refractivity contribution in [2.75, 3.05) is 7.11 Å². The summed E-state index contributed by atoms with van der Waals surface area (Å²) in [5.41, 5.74) is 7.68. The Labute approximate surface area is 185 Å². The lowest BCUT2D eigenvalue weighted by Gasteiger charge is -2.13. The summed E-state index contributed by atoms with van der Waals surface area (Å²) in [5.74, 6) is 0.413. The molecule has 3 aromatic rings. The fourth-order valence-corrected chi connectivity index (χ4v) is 2.61. The highest BCUT2D eigenvalue weighted by Gasteiger charge is 2.09. The summed E-state index contributed by atoms with van der Waals surface area (Å²) in [6, 6.07) is 19.9. The SMILES string of the molecule is C#C.COC(=O)C[C@@H](C)NOc1ccc(-c2ccncc2)cc1.Cc1cccc(C)c1. The molecule has 5 heteroatoms. The van der Waals surface area contributed by atoms with Crippen molar-refractivity contribution in [2.24, 2.45) is 0 Å². The van der Waals surface area contributed by atoms with Crippen LogP contribution in [0.25, 0.3) is 11.1 Å². The highest BCUT2D eigenvalue weighted by atomic mass is 16.6. The third-order valence-electron chi connectivity index (χ3n) is 4.12. The molecular weight excluding hydrogens is 388 g/mol. The van der Waals surface area contributed by atoms with Gasteiger partial charge in [0.05, 0.1) is 19.6 Å². The van der Waals surface area contributed by atoms with Gasteiger partial charge in [0.15, 0.2) is 0 Å². The molecule has 0 saturated carbocycles. The van der Waals surface area contributed by atoms with Crippen molar-refractivity contribution in [3.63, 3.8) is 0 Å². The monoisotopic (exact) mass is 418 g/mol. The van der Waals surface area contributed by atoms with Crippen LogP contribution in [-0.2, 0) is 9.53 Å². The maximum Gasteiger partial charge on any atom is 0.307 e. The molecule has 0 unspecified atom stereocenters. The standard InChI is InChI=1S/C16H18N2O3.C8H10.C2H2/c1-12(11-16(19)20-2)18-21-15-5-3-13(4-6-15)14-7-9-17-10-8-14;1-7-4-3-5-8(2)6-7;1-2/h3-10,12,18H,11H2,1-2H3;3-6H,1-2H3;1-2H/t12-;;/m1../s1. The zero-order chi connectivity index (χ0) is 23.1. The molecule has 1 N–H and O–H groups in total. The number of nitrogens with one attached hydrogen (secondary N) is 1.